The molecule has 1 N–H and O–H groups in total. The van der Waals surface area contributed by atoms with E-state index >= 15 is 0 Å². The highest BCUT2D eigenvalue weighted by atomic mass is 16.2. The summed E-state index contributed by atoms with van der Waals surface area (Å²) in [7, 11) is 1.92. The molecule has 0 saturated carbocycles. The van der Waals surface area contributed by atoms with Crippen molar-refractivity contribution in [3.05, 3.63) is 28.8 Å². The molecule has 2 aliphatic rings. The second kappa shape index (κ2) is 4.09. The average molecular weight is 244 g/mol. The third-order valence-corrected chi connectivity index (χ3v) is 4.60. The number of anilines is 1. The molecule has 1 aromatic carbocycles. The molecule has 2 aliphatic heterocycles. The normalized spacial score (nSPS) is 26.8. The summed E-state index contributed by atoms with van der Waals surface area (Å²) in [6, 6.07) is 4.42. The topological polar surface area (TPSA) is 32.3 Å². The molecular formula is C15H20N2O. The maximum Gasteiger partial charge on any atom is 0.231 e. The number of amides is 1. The molecular weight excluding hydrogens is 224 g/mol. The number of rotatable bonds is 0. The van der Waals surface area contributed by atoms with Gasteiger partial charge < -0.3 is 10.2 Å². The Labute approximate surface area is 108 Å². The lowest BCUT2D eigenvalue weighted by Gasteiger charge is -2.41. The third-order valence-electron chi connectivity index (χ3n) is 4.60. The molecule has 1 fully saturated rings. The average Bonchev–Trinajstić information content (AvgIpc) is 2.39. The molecule has 1 saturated heterocycles. The molecule has 1 amide bonds. The molecule has 2 atom stereocenters. The van der Waals surface area contributed by atoms with Gasteiger partial charge in [-0.15, -0.1) is 0 Å². The number of carbonyl (C=O) groups is 1. The minimum Gasteiger partial charge on any atom is -0.316 e. The minimum atomic E-state index is 0.123. The van der Waals surface area contributed by atoms with Gasteiger partial charge in [0, 0.05) is 19.3 Å². The van der Waals surface area contributed by atoms with Crippen LogP contribution in [0.1, 0.15) is 29.0 Å². The second-order valence-corrected chi connectivity index (χ2v) is 5.55. The molecule has 2 unspecified atom stereocenters. The molecule has 1 aromatic rings. The lowest BCUT2D eigenvalue weighted by atomic mass is 9.75. The van der Waals surface area contributed by atoms with Crippen molar-refractivity contribution >= 4 is 11.6 Å². The largest absolute Gasteiger partial charge is 0.316 e. The Morgan fingerprint density at radius 2 is 2.06 bits per heavy atom. The maximum atomic E-state index is 12.5. The van der Waals surface area contributed by atoms with Gasteiger partial charge in [0.2, 0.25) is 5.91 Å². The zero-order valence-corrected chi connectivity index (χ0v) is 11.3. The lowest BCUT2D eigenvalue weighted by Crippen LogP contribution is -2.49. The Morgan fingerprint density at radius 3 is 2.83 bits per heavy atom. The van der Waals surface area contributed by atoms with Gasteiger partial charge in [0.1, 0.15) is 0 Å². The minimum absolute atomic E-state index is 0.123. The standard InChI is InChI=1S/C15H20N2O/c1-9-4-5-12-11-6-7-16-8-13(11)15(18)17(3)14(12)10(9)2/h4-5,11,13,16H,6-8H2,1-3H3. The van der Waals surface area contributed by atoms with Crippen LogP contribution in [0.4, 0.5) is 5.69 Å². The van der Waals surface area contributed by atoms with E-state index < -0.39 is 0 Å². The SMILES string of the molecule is Cc1ccc2c(c1C)N(C)C(=O)C1CNCCC21. The van der Waals surface area contributed by atoms with Crippen LogP contribution in [-0.2, 0) is 4.79 Å². The predicted molar refractivity (Wildman–Crippen MR) is 73.0 cm³/mol. The van der Waals surface area contributed by atoms with Crippen LogP contribution in [0.5, 0.6) is 0 Å². The van der Waals surface area contributed by atoms with Gasteiger partial charge in [0.05, 0.1) is 5.92 Å². The molecule has 0 aromatic heterocycles. The summed E-state index contributed by atoms with van der Waals surface area (Å²) in [5, 5.41) is 3.34. The van der Waals surface area contributed by atoms with Gasteiger partial charge in [-0.2, -0.15) is 0 Å². The smallest absolute Gasteiger partial charge is 0.231 e. The van der Waals surface area contributed by atoms with E-state index in [1.54, 1.807) is 0 Å². The van der Waals surface area contributed by atoms with Crippen LogP contribution in [-0.4, -0.2) is 26.0 Å². The number of hydrogen-bond donors (Lipinski definition) is 1. The van der Waals surface area contributed by atoms with E-state index in [1.807, 2.05) is 11.9 Å². The van der Waals surface area contributed by atoms with Crippen LogP contribution in [0.3, 0.4) is 0 Å². The first-order valence-corrected chi connectivity index (χ1v) is 6.69. The fourth-order valence-electron chi connectivity index (χ4n) is 3.42. The number of benzene rings is 1. The Morgan fingerprint density at radius 1 is 1.28 bits per heavy atom. The number of nitrogens with one attached hydrogen (secondary N) is 1. The van der Waals surface area contributed by atoms with Gasteiger partial charge >= 0.3 is 0 Å². The molecule has 3 rings (SSSR count). The summed E-state index contributed by atoms with van der Waals surface area (Å²) in [4.78, 5) is 14.3. The monoisotopic (exact) mass is 244 g/mol. The molecule has 3 heteroatoms. The predicted octanol–water partition coefficient (Wildman–Crippen LogP) is 1.97. The number of hydrogen-bond acceptors (Lipinski definition) is 2. The van der Waals surface area contributed by atoms with Gasteiger partial charge in [-0.05, 0) is 49.4 Å². The van der Waals surface area contributed by atoms with Crippen molar-refractivity contribution < 1.29 is 4.79 Å². The van der Waals surface area contributed by atoms with E-state index in [0.717, 1.165) is 25.2 Å². The third kappa shape index (κ3) is 1.50. The van der Waals surface area contributed by atoms with Crippen LogP contribution in [0.2, 0.25) is 0 Å². The molecule has 18 heavy (non-hydrogen) atoms. The van der Waals surface area contributed by atoms with E-state index in [-0.39, 0.29) is 11.8 Å². The van der Waals surface area contributed by atoms with E-state index in [4.69, 9.17) is 0 Å². The number of aryl methyl sites for hydroxylation is 1. The Kier molecular flexibility index (Phi) is 2.67. The fraction of sp³-hybridized carbons (Fsp3) is 0.533. The maximum absolute atomic E-state index is 12.5. The number of nitrogens with zero attached hydrogens (tertiary/aromatic N) is 1. The van der Waals surface area contributed by atoms with Crippen LogP contribution < -0.4 is 10.2 Å². The van der Waals surface area contributed by atoms with Gasteiger partial charge in [-0.1, -0.05) is 12.1 Å². The Bertz CT molecular complexity index is 509. The van der Waals surface area contributed by atoms with Gasteiger partial charge in [-0.3, -0.25) is 4.79 Å². The summed E-state index contributed by atoms with van der Waals surface area (Å²) < 4.78 is 0. The van der Waals surface area contributed by atoms with Crippen molar-refractivity contribution in [2.24, 2.45) is 5.92 Å². The Balaban J connectivity index is 2.18. The van der Waals surface area contributed by atoms with E-state index in [1.165, 1.54) is 16.7 Å². The van der Waals surface area contributed by atoms with E-state index in [2.05, 4.69) is 31.3 Å². The summed E-state index contributed by atoms with van der Waals surface area (Å²) >= 11 is 0. The summed E-state index contributed by atoms with van der Waals surface area (Å²) in [5.74, 6) is 0.802. The van der Waals surface area contributed by atoms with Crippen LogP contribution >= 0.6 is 0 Å². The highest BCUT2D eigenvalue weighted by Crippen LogP contribution is 2.43. The molecule has 96 valence electrons. The number of carbonyl (C=O) groups excluding carboxylic acids is 1. The molecule has 2 heterocycles. The van der Waals surface area contributed by atoms with Crippen LogP contribution in [0.15, 0.2) is 12.1 Å². The van der Waals surface area contributed by atoms with Crippen molar-refractivity contribution in [3.8, 4) is 0 Å². The fourth-order valence-corrected chi connectivity index (χ4v) is 3.42. The first kappa shape index (κ1) is 11.7. The number of fused-ring (bicyclic) bond motifs is 3. The van der Waals surface area contributed by atoms with Gasteiger partial charge in [0.25, 0.3) is 0 Å². The molecule has 0 bridgehead atoms. The zero-order chi connectivity index (χ0) is 12.9. The summed E-state index contributed by atoms with van der Waals surface area (Å²) in [5.41, 5.74) is 5.04. The van der Waals surface area contributed by atoms with Gasteiger partial charge in [-0.25, -0.2) is 0 Å². The lowest BCUT2D eigenvalue weighted by molar-refractivity contribution is -0.123. The quantitative estimate of drug-likeness (QED) is 0.757. The Hall–Kier alpha value is -1.35. The highest BCUT2D eigenvalue weighted by molar-refractivity contribution is 5.99. The van der Waals surface area contributed by atoms with Crippen molar-refractivity contribution in [2.45, 2.75) is 26.2 Å². The zero-order valence-electron chi connectivity index (χ0n) is 11.3. The molecule has 0 spiro atoms. The van der Waals surface area contributed by atoms with Crippen molar-refractivity contribution in [1.82, 2.24) is 5.32 Å². The molecule has 0 aliphatic carbocycles. The van der Waals surface area contributed by atoms with E-state index in [9.17, 15) is 4.79 Å². The van der Waals surface area contributed by atoms with Crippen LogP contribution in [0, 0.1) is 19.8 Å². The summed E-state index contributed by atoms with van der Waals surface area (Å²) in [6.07, 6.45) is 1.07. The molecule has 0 radical (unpaired) electrons. The first-order chi connectivity index (χ1) is 8.61. The van der Waals surface area contributed by atoms with Crippen molar-refractivity contribution in [1.29, 1.82) is 0 Å². The second-order valence-electron chi connectivity index (χ2n) is 5.55. The molecule has 3 nitrogen and oxygen atoms in total. The van der Waals surface area contributed by atoms with Gasteiger partial charge in [0.15, 0.2) is 0 Å². The number of piperidine rings is 1. The first-order valence-electron chi connectivity index (χ1n) is 6.69. The van der Waals surface area contributed by atoms with Crippen LogP contribution in [0.25, 0.3) is 0 Å². The highest BCUT2D eigenvalue weighted by Gasteiger charge is 2.40. The van der Waals surface area contributed by atoms with Crippen molar-refractivity contribution in [3.63, 3.8) is 0 Å². The summed E-state index contributed by atoms with van der Waals surface area (Å²) in [6.45, 7) is 6.08. The van der Waals surface area contributed by atoms with Crippen molar-refractivity contribution in [2.75, 3.05) is 25.0 Å². The van der Waals surface area contributed by atoms with E-state index in [0.29, 0.717) is 5.92 Å².